The van der Waals surface area contributed by atoms with Crippen LogP contribution in [0.1, 0.15) is 37.5 Å². The summed E-state index contributed by atoms with van der Waals surface area (Å²) in [5, 5.41) is 3.10. The molecule has 0 aromatic heterocycles. The maximum Gasteiger partial charge on any atom is 0.234 e. The topological polar surface area (TPSA) is 32.3 Å². The summed E-state index contributed by atoms with van der Waals surface area (Å²) in [4.78, 5) is 14.5. The average molecular weight is 338 g/mol. The monoisotopic (exact) mass is 338 g/mol. The summed E-state index contributed by atoms with van der Waals surface area (Å²) in [6.07, 6.45) is 0. The molecule has 0 saturated heterocycles. The number of hydrogen-bond donors (Lipinski definition) is 1. The van der Waals surface area contributed by atoms with Gasteiger partial charge >= 0.3 is 0 Å². The quantitative estimate of drug-likeness (QED) is 0.791. The van der Waals surface area contributed by atoms with E-state index in [1.54, 1.807) is 0 Å². The molecule has 0 saturated carbocycles. The molecule has 134 valence electrons. The van der Waals surface area contributed by atoms with Gasteiger partial charge in [-0.25, -0.2) is 0 Å². The molecule has 2 aromatic rings. The van der Waals surface area contributed by atoms with E-state index in [2.05, 4.69) is 74.3 Å². The molecule has 0 fully saturated rings. The van der Waals surface area contributed by atoms with E-state index in [4.69, 9.17) is 0 Å². The number of carbonyl (C=O) groups excluding carboxylic acids is 1. The minimum absolute atomic E-state index is 0.0785. The van der Waals surface area contributed by atoms with Gasteiger partial charge in [0.1, 0.15) is 0 Å². The molecule has 0 aliphatic carbocycles. The third-order valence-corrected chi connectivity index (χ3v) is 4.62. The van der Waals surface area contributed by atoms with Crippen LogP contribution in [0.15, 0.2) is 54.6 Å². The van der Waals surface area contributed by atoms with Gasteiger partial charge in [-0.15, -0.1) is 0 Å². The molecular weight excluding hydrogens is 308 g/mol. The largest absolute Gasteiger partial charge is 0.354 e. The van der Waals surface area contributed by atoms with E-state index >= 15 is 0 Å². The molecule has 0 spiro atoms. The number of nitrogens with zero attached hydrogens (tertiary/aromatic N) is 1. The van der Waals surface area contributed by atoms with Gasteiger partial charge in [-0.1, -0.05) is 80.9 Å². The van der Waals surface area contributed by atoms with Gasteiger partial charge < -0.3 is 5.32 Å². The number of hydrogen-bond acceptors (Lipinski definition) is 2. The first kappa shape index (κ1) is 19.2. The second-order valence-corrected chi connectivity index (χ2v) is 7.32. The van der Waals surface area contributed by atoms with Gasteiger partial charge in [0.05, 0.1) is 6.54 Å². The first-order valence-corrected chi connectivity index (χ1v) is 9.01. The van der Waals surface area contributed by atoms with E-state index in [1.165, 1.54) is 16.7 Å². The molecule has 1 N–H and O–H groups in total. The lowest BCUT2D eigenvalue weighted by Gasteiger charge is -2.27. The molecule has 0 heterocycles. The molecular formula is C22H30N2O. The Kier molecular flexibility index (Phi) is 6.77. The normalized spacial score (nSPS) is 11.6. The van der Waals surface area contributed by atoms with Crippen LogP contribution in [-0.2, 0) is 16.8 Å². The first-order chi connectivity index (χ1) is 11.9. The van der Waals surface area contributed by atoms with E-state index in [-0.39, 0.29) is 11.3 Å². The zero-order valence-electron chi connectivity index (χ0n) is 15.9. The molecule has 0 unspecified atom stereocenters. The van der Waals surface area contributed by atoms with Crippen LogP contribution >= 0.6 is 0 Å². The van der Waals surface area contributed by atoms with Gasteiger partial charge in [0, 0.05) is 18.5 Å². The maximum absolute atomic E-state index is 12.4. The summed E-state index contributed by atoms with van der Waals surface area (Å²) >= 11 is 0. The van der Waals surface area contributed by atoms with Crippen molar-refractivity contribution in [3.63, 3.8) is 0 Å². The van der Waals surface area contributed by atoms with Gasteiger partial charge in [0.25, 0.3) is 0 Å². The van der Waals surface area contributed by atoms with Gasteiger partial charge in [-0.2, -0.15) is 0 Å². The highest BCUT2D eigenvalue weighted by Crippen LogP contribution is 2.21. The molecule has 2 aromatic carbocycles. The van der Waals surface area contributed by atoms with Crippen molar-refractivity contribution in [2.45, 2.75) is 39.7 Å². The Morgan fingerprint density at radius 1 is 1.04 bits per heavy atom. The van der Waals surface area contributed by atoms with Crippen LogP contribution in [0, 0.1) is 6.92 Å². The SMILES string of the molecule is CCN(CC(=O)NCC(C)(C)c1ccccc1)Cc1ccc(C)cc1. The smallest absolute Gasteiger partial charge is 0.234 e. The molecule has 1 amide bonds. The van der Waals surface area contributed by atoms with Crippen LogP contribution in [0.2, 0.25) is 0 Å². The van der Waals surface area contributed by atoms with Gasteiger partial charge in [-0.3, -0.25) is 9.69 Å². The van der Waals surface area contributed by atoms with Crippen LogP contribution in [0.4, 0.5) is 0 Å². The lowest BCUT2D eigenvalue weighted by molar-refractivity contribution is -0.122. The zero-order chi connectivity index (χ0) is 18.3. The van der Waals surface area contributed by atoms with Gasteiger partial charge in [0.15, 0.2) is 0 Å². The van der Waals surface area contributed by atoms with Crippen LogP contribution in [0.5, 0.6) is 0 Å². The molecule has 0 bridgehead atoms. The lowest BCUT2D eigenvalue weighted by atomic mass is 9.84. The fraction of sp³-hybridized carbons (Fsp3) is 0.409. The highest BCUT2D eigenvalue weighted by atomic mass is 16.2. The molecule has 0 radical (unpaired) electrons. The maximum atomic E-state index is 12.4. The van der Waals surface area contributed by atoms with Crippen LogP contribution < -0.4 is 5.32 Å². The molecule has 3 heteroatoms. The Balaban J connectivity index is 1.86. The van der Waals surface area contributed by atoms with Gasteiger partial charge in [-0.05, 0) is 24.6 Å². The predicted molar refractivity (Wildman–Crippen MR) is 105 cm³/mol. The van der Waals surface area contributed by atoms with Crippen molar-refractivity contribution in [3.05, 3.63) is 71.3 Å². The highest BCUT2D eigenvalue weighted by Gasteiger charge is 2.21. The third kappa shape index (κ3) is 6.02. The van der Waals surface area contributed by atoms with Crippen molar-refractivity contribution in [1.29, 1.82) is 0 Å². The van der Waals surface area contributed by atoms with Crippen molar-refractivity contribution in [1.82, 2.24) is 10.2 Å². The fourth-order valence-electron chi connectivity index (χ4n) is 2.80. The van der Waals surface area contributed by atoms with E-state index in [1.807, 2.05) is 18.2 Å². The molecule has 0 atom stereocenters. The van der Waals surface area contributed by atoms with Crippen molar-refractivity contribution in [2.75, 3.05) is 19.6 Å². The third-order valence-electron chi connectivity index (χ3n) is 4.62. The first-order valence-electron chi connectivity index (χ1n) is 9.01. The van der Waals surface area contributed by atoms with E-state index in [9.17, 15) is 4.79 Å². The minimum atomic E-state index is -0.0785. The van der Waals surface area contributed by atoms with Gasteiger partial charge in [0.2, 0.25) is 5.91 Å². The summed E-state index contributed by atoms with van der Waals surface area (Å²) in [5.41, 5.74) is 3.66. The number of carbonyl (C=O) groups is 1. The number of benzene rings is 2. The molecule has 0 aliphatic rings. The van der Waals surface area contributed by atoms with E-state index in [0.29, 0.717) is 13.1 Å². The Hall–Kier alpha value is -2.13. The second kappa shape index (κ2) is 8.82. The van der Waals surface area contributed by atoms with Crippen LogP contribution in [-0.4, -0.2) is 30.4 Å². The molecule has 3 nitrogen and oxygen atoms in total. The molecule has 25 heavy (non-hydrogen) atoms. The summed E-state index contributed by atoms with van der Waals surface area (Å²) in [7, 11) is 0. The predicted octanol–water partition coefficient (Wildman–Crippen LogP) is 3.91. The molecule has 2 rings (SSSR count). The summed E-state index contributed by atoms with van der Waals surface area (Å²) in [6, 6.07) is 18.8. The van der Waals surface area contributed by atoms with E-state index < -0.39 is 0 Å². The zero-order valence-corrected chi connectivity index (χ0v) is 15.9. The van der Waals surface area contributed by atoms with Crippen molar-refractivity contribution in [3.8, 4) is 0 Å². The Bertz CT molecular complexity index is 662. The number of rotatable bonds is 8. The van der Waals surface area contributed by atoms with Crippen molar-refractivity contribution in [2.24, 2.45) is 0 Å². The van der Waals surface area contributed by atoms with Crippen molar-refractivity contribution >= 4 is 5.91 Å². The van der Waals surface area contributed by atoms with Crippen LogP contribution in [0.25, 0.3) is 0 Å². The number of amides is 1. The summed E-state index contributed by atoms with van der Waals surface area (Å²) < 4.78 is 0. The summed E-state index contributed by atoms with van der Waals surface area (Å²) in [5.74, 6) is 0.0815. The second-order valence-electron chi connectivity index (χ2n) is 7.32. The highest BCUT2D eigenvalue weighted by molar-refractivity contribution is 5.78. The minimum Gasteiger partial charge on any atom is -0.354 e. The number of aryl methyl sites for hydroxylation is 1. The van der Waals surface area contributed by atoms with Crippen LogP contribution in [0.3, 0.4) is 0 Å². The van der Waals surface area contributed by atoms with E-state index in [0.717, 1.165) is 13.1 Å². The Morgan fingerprint density at radius 3 is 2.28 bits per heavy atom. The Labute approximate surface area is 152 Å². The lowest BCUT2D eigenvalue weighted by Crippen LogP contribution is -2.42. The molecule has 0 aliphatic heterocycles. The standard InChI is InChI=1S/C22H30N2O/c1-5-24(15-19-13-11-18(2)12-14-19)16-21(25)23-17-22(3,4)20-9-7-6-8-10-20/h6-14H,5,15-17H2,1-4H3,(H,23,25). The number of likely N-dealkylation sites (N-methyl/N-ethyl adjacent to an activating group) is 1. The summed E-state index contributed by atoms with van der Waals surface area (Å²) in [6.45, 7) is 11.2. The fourth-order valence-corrected chi connectivity index (χ4v) is 2.80. The average Bonchev–Trinajstić information content (AvgIpc) is 2.62. The Morgan fingerprint density at radius 2 is 1.68 bits per heavy atom. The van der Waals surface area contributed by atoms with Crippen molar-refractivity contribution < 1.29 is 4.79 Å². The number of nitrogens with one attached hydrogen (secondary N) is 1.